The molecule has 1 saturated heterocycles. The molecule has 9 heteroatoms. The second-order valence-electron chi connectivity index (χ2n) is 8.51. The number of benzene rings is 2. The molecule has 2 aromatic carbocycles. The van der Waals surface area contributed by atoms with Gasteiger partial charge in [0.15, 0.2) is 0 Å². The van der Waals surface area contributed by atoms with Crippen LogP contribution >= 0.6 is 24.8 Å². The predicted molar refractivity (Wildman–Crippen MR) is 143 cm³/mol. The van der Waals surface area contributed by atoms with Gasteiger partial charge in [-0.15, -0.1) is 24.8 Å². The highest BCUT2D eigenvalue weighted by Gasteiger charge is 2.22. The Morgan fingerprint density at radius 1 is 0.917 bits per heavy atom. The summed E-state index contributed by atoms with van der Waals surface area (Å²) in [6.45, 7) is 4.34. The summed E-state index contributed by atoms with van der Waals surface area (Å²) in [5.74, 6) is -0.812. The van der Waals surface area contributed by atoms with Crippen molar-refractivity contribution in [2.24, 2.45) is 0 Å². The molecule has 194 valence electrons. The van der Waals surface area contributed by atoms with Crippen molar-refractivity contribution in [2.45, 2.75) is 18.8 Å². The minimum Gasteiger partial charge on any atom is -0.465 e. The SMILES string of the molecule is COC(=O)c1cnccc1N1CCN(CCCC(c2ccc(F)cc2)c2ccc(F)cc2)CC1.Cl.Cl. The van der Waals surface area contributed by atoms with Crippen LogP contribution in [0.3, 0.4) is 0 Å². The number of rotatable bonds is 8. The van der Waals surface area contributed by atoms with Crippen LogP contribution in [0.15, 0.2) is 67.0 Å². The van der Waals surface area contributed by atoms with E-state index in [4.69, 9.17) is 4.74 Å². The number of halogens is 4. The van der Waals surface area contributed by atoms with E-state index < -0.39 is 0 Å². The molecular formula is C27H31Cl2F2N3O2. The molecular weight excluding hydrogens is 507 g/mol. The number of pyridine rings is 1. The van der Waals surface area contributed by atoms with E-state index in [1.54, 1.807) is 12.4 Å². The van der Waals surface area contributed by atoms with Gasteiger partial charge in [-0.05, 0) is 60.8 Å². The molecule has 0 unspecified atom stereocenters. The minimum absolute atomic E-state index is 0. The Bertz CT molecular complexity index is 1050. The first-order valence-electron chi connectivity index (χ1n) is 11.6. The van der Waals surface area contributed by atoms with Gasteiger partial charge in [-0.1, -0.05) is 24.3 Å². The van der Waals surface area contributed by atoms with Gasteiger partial charge >= 0.3 is 5.97 Å². The summed E-state index contributed by atoms with van der Waals surface area (Å²) in [6.07, 6.45) is 5.09. The van der Waals surface area contributed by atoms with Crippen LogP contribution in [-0.4, -0.2) is 55.7 Å². The zero-order chi connectivity index (χ0) is 23.9. The number of hydrogen-bond donors (Lipinski definition) is 0. The first kappa shape index (κ1) is 29.5. The molecule has 3 aromatic rings. The Hall–Kier alpha value is -2.74. The summed E-state index contributed by atoms with van der Waals surface area (Å²) < 4.78 is 31.8. The minimum atomic E-state index is -0.377. The van der Waals surface area contributed by atoms with Crippen molar-refractivity contribution < 1.29 is 18.3 Å². The van der Waals surface area contributed by atoms with E-state index in [1.165, 1.54) is 31.4 Å². The first-order chi connectivity index (χ1) is 16.5. The van der Waals surface area contributed by atoms with Crippen LogP contribution in [0.2, 0.25) is 0 Å². The molecule has 0 N–H and O–H groups in total. The van der Waals surface area contributed by atoms with Crippen molar-refractivity contribution in [3.05, 3.63) is 95.3 Å². The Kier molecular flexibility index (Phi) is 11.6. The third-order valence-corrected chi connectivity index (χ3v) is 6.43. The fraction of sp³-hybridized carbons (Fsp3) is 0.333. The number of anilines is 1. The molecule has 1 aliphatic rings. The molecule has 1 aliphatic heterocycles. The highest BCUT2D eigenvalue weighted by molar-refractivity contribution is 5.95. The Balaban J connectivity index is 0.00000228. The molecule has 1 aromatic heterocycles. The fourth-order valence-corrected chi connectivity index (χ4v) is 4.58. The maximum absolute atomic E-state index is 13.5. The quantitative estimate of drug-likeness (QED) is 0.343. The number of methoxy groups -OCH3 is 1. The Morgan fingerprint density at radius 3 is 2.00 bits per heavy atom. The number of aromatic nitrogens is 1. The van der Waals surface area contributed by atoms with Gasteiger partial charge in [-0.25, -0.2) is 13.6 Å². The average molecular weight is 538 g/mol. The summed E-state index contributed by atoms with van der Waals surface area (Å²) in [7, 11) is 1.38. The molecule has 0 saturated carbocycles. The maximum Gasteiger partial charge on any atom is 0.341 e. The summed E-state index contributed by atoms with van der Waals surface area (Å²) in [6, 6.07) is 15.0. The number of ether oxygens (including phenoxy) is 1. The zero-order valence-corrected chi connectivity index (χ0v) is 21.7. The van der Waals surface area contributed by atoms with Gasteiger partial charge in [0.25, 0.3) is 0 Å². The third kappa shape index (κ3) is 7.38. The van der Waals surface area contributed by atoms with E-state index in [1.807, 2.05) is 30.3 Å². The molecule has 0 spiro atoms. The first-order valence-corrected chi connectivity index (χ1v) is 11.6. The summed E-state index contributed by atoms with van der Waals surface area (Å²) in [5.41, 5.74) is 3.41. The molecule has 5 nitrogen and oxygen atoms in total. The molecule has 36 heavy (non-hydrogen) atoms. The highest BCUT2D eigenvalue weighted by atomic mass is 35.5. The van der Waals surface area contributed by atoms with E-state index in [2.05, 4.69) is 14.8 Å². The Labute approximate surface area is 223 Å². The van der Waals surface area contributed by atoms with Crippen molar-refractivity contribution in [1.82, 2.24) is 9.88 Å². The monoisotopic (exact) mass is 537 g/mol. The van der Waals surface area contributed by atoms with Gasteiger partial charge in [0.2, 0.25) is 0 Å². The molecule has 0 aliphatic carbocycles. The molecule has 0 atom stereocenters. The van der Waals surface area contributed by atoms with Gasteiger partial charge in [-0.2, -0.15) is 0 Å². The number of esters is 1. The van der Waals surface area contributed by atoms with E-state index in [0.29, 0.717) is 5.56 Å². The lowest BCUT2D eigenvalue weighted by Crippen LogP contribution is -2.47. The van der Waals surface area contributed by atoms with E-state index in [-0.39, 0.29) is 48.3 Å². The van der Waals surface area contributed by atoms with Crippen molar-refractivity contribution in [3.8, 4) is 0 Å². The standard InChI is InChI=1S/C27H29F2N3O2.2ClH/c1-34-27(33)25-19-30-13-12-26(25)32-17-15-31(16-18-32)14-2-3-24(20-4-8-22(28)9-5-20)21-6-10-23(29)11-7-21;;/h4-13,19,24H,2-3,14-18H2,1H3;2*1H. The maximum atomic E-state index is 13.5. The summed E-state index contributed by atoms with van der Waals surface area (Å²) in [4.78, 5) is 20.8. The lowest BCUT2D eigenvalue weighted by Gasteiger charge is -2.36. The van der Waals surface area contributed by atoms with Crippen molar-refractivity contribution in [1.29, 1.82) is 0 Å². The van der Waals surface area contributed by atoms with E-state index in [0.717, 1.165) is 62.4 Å². The smallest absolute Gasteiger partial charge is 0.341 e. The molecule has 0 amide bonds. The van der Waals surface area contributed by atoms with Gasteiger partial charge in [0.05, 0.1) is 12.8 Å². The van der Waals surface area contributed by atoms with Crippen LogP contribution in [0.4, 0.5) is 14.5 Å². The average Bonchev–Trinajstić information content (AvgIpc) is 2.88. The largest absolute Gasteiger partial charge is 0.465 e. The van der Waals surface area contributed by atoms with Gasteiger partial charge in [0, 0.05) is 44.5 Å². The van der Waals surface area contributed by atoms with Crippen LogP contribution in [0.25, 0.3) is 0 Å². The molecule has 0 bridgehead atoms. The number of piperazine rings is 1. The van der Waals surface area contributed by atoms with Crippen molar-refractivity contribution in [2.75, 3.05) is 44.7 Å². The second-order valence-corrected chi connectivity index (χ2v) is 8.51. The van der Waals surface area contributed by atoms with Crippen LogP contribution in [0, 0.1) is 11.6 Å². The summed E-state index contributed by atoms with van der Waals surface area (Å²) >= 11 is 0. The molecule has 1 fully saturated rings. The third-order valence-electron chi connectivity index (χ3n) is 6.43. The fourth-order valence-electron chi connectivity index (χ4n) is 4.58. The van der Waals surface area contributed by atoms with Gasteiger partial charge in [-0.3, -0.25) is 9.88 Å². The highest BCUT2D eigenvalue weighted by Crippen LogP contribution is 2.30. The van der Waals surface area contributed by atoms with E-state index in [9.17, 15) is 13.6 Å². The number of carbonyl (C=O) groups is 1. The van der Waals surface area contributed by atoms with Crippen molar-refractivity contribution >= 4 is 36.5 Å². The summed E-state index contributed by atoms with van der Waals surface area (Å²) in [5, 5.41) is 0. The molecule has 0 radical (unpaired) electrons. The zero-order valence-electron chi connectivity index (χ0n) is 20.1. The van der Waals surface area contributed by atoms with E-state index >= 15 is 0 Å². The van der Waals surface area contributed by atoms with Crippen molar-refractivity contribution in [3.63, 3.8) is 0 Å². The van der Waals surface area contributed by atoms with Crippen LogP contribution in [0.5, 0.6) is 0 Å². The number of hydrogen-bond acceptors (Lipinski definition) is 5. The normalized spacial score (nSPS) is 13.6. The van der Waals surface area contributed by atoms with Crippen LogP contribution < -0.4 is 4.90 Å². The van der Waals surface area contributed by atoms with Crippen LogP contribution in [-0.2, 0) is 4.74 Å². The molecule has 4 rings (SSSR count). The van der Waals surface area contributed by atoms with Crippen LogP contribution in [0.1, 0.15) is 40.2 Å². The van der Waals surface area contributed by atoms with Gasteiger partial charge in [0.1, 0.15) is 17.2 Å². The second kappa shape index (κ2) is 14.1. The predicted octanol–water partition coefficient (Wildman–Crippen LogP) is 5.72. The lowest BCUT2D eigenvalue weighted by molar-refractivity contribution is 0.0600. The number of carbonyl (C=O) groups excluding carboxylic acids is 1. The topological polar surface area (TPSA) is 45.7 Å². The van der Waals surface area contributed by atoms with Gasteiger partial charge < -0.3 is 9.64 Å². The number of nitrogens with zero attached hydrogens (tertiary/aromatic N) is 3. The lowest BCUT2D eigenvalue weighted by atomic mass is 9.87. The Morgan fingerprint density at radius 2 is 1.47 bits per heavy atom. The molecule has 2 heterocycles.